The molecule has 6 nitrogen and oxygen atoms in total. The summed E-state index contributed by atoms with van der Waals surface area (Å²) in [6, 6.07) is 8.01. The van der Waals surface area contributed by atoms with Gasteiger partial charge in [-0.15, -0.1) is 10.2 Å². The fraction of sp³-hybridized carbons (Fsp3) is 0.417. The van der Waals surface area contributed by atoms with Crippen molar-refractivity contribution in [1.82, 2.24) is 25.5 Å². The highest BCUT2D eigenvalue weighted by Gasteiger charge is 1.99. The summed E-state index contributed by atoms with van der Waals surface area (Å²) in [4.78, 5) is 1.44. The number of aryl methyl sites for hydroxylation is 2. The zero-order valence-electron chi connectivity index (χ0n) is 10.6. The molecule has 0 bridgehead atoms. The first-order valence-corrected chi connectivity index (χ1v) is 5.87. The van der Waals surface area contributed by atoms with E-state index in [0.717, 1.165) is 12.3 Å². The van der Waals surface area contributed by atoms with Gasteiger partial charge in [0.15, 0.2) is 5.82 Å². The van der Waals surface area contributed by atoms with Crippen LogP contribution in [0.3, 0.4) is 0 Å². The second kappa shape index (κ2) is 6.11. The summed E-state index contributed by atoms with van der Waals surface area (Å²) in [6.07, 6.45) is 0. The van der Waals surface area contributed by atoms with Crippen molar-refractivity contribution in [1.29, 1.82) is 0 Å². The Morgan fingerprint density at radius 3 is 3.00 bits per heavy atom. The Balaban J connectivity index is 1.64. The van der Waals surface area contributed by atoms with Crippen LogP contribution >= 0.6 is 0 Å². The summed E-state index contributed by atoms with van der Waals surface area (Å²) in [5.41, 5.74) is 1.20. The Morgan fingerprint density at radius 2 is 2.28 bits per heavy atom. The summed E-state index contributed by atoms with van der Waals surface area (Å²) < 4.78 is 5.61. The SMILES string of the molecule is Cc1cccc(OCCNCc2nnn(C)n2)c1. The lowest BCUT2D eigenvalue weighted by molar-refractivity contribution is 0.313. The summed E-state index contributed by atoms with van der Waals surface area (Å²) >= 11 is 0. The van der Waals surface area contributed by atoms with Gasteiger partial charge in [-0.1, -0.05) is 12.1 Å². The molecule has 0 spiro atoms. The van der Waals surface area contributed by atoms with Crippen LogP contribution in [0.15, 0.2) is 24.3 Å². The summed E-state index contributed by atoms with van der Waals surface area (Å²) in [5.74, 6) is 1.59. The van der Waals surface area contributed by atoms with Crippen molar-refractivity contribution in [2.75, 3.05) is 13.2 Å². The van der Waals surface area contributed by atoms with E-state index in [-0.39, 0.29) is 0 Å². The normalized spacial score (nSPS) is 10.6. The maximum Gasteiger partial charge on any atom is 0.188 e. The number of nitrogens with zero attached hydrogens (tertiary/aromatic N) is 4. The van der Waals surface area contributed by atoms with Crippen LogP contribution in [0, 0.1) is 6.92 Å². The zero-order valence-corrected chi connectivity index (χ0v) is 10.6. The molecule has 0 atom stereocenters. The number of rotatable bonds is 6. The maximum absolute atomic E-state index is 5.61. The van der Waals surface area contributed by atoms with Crippen LogP contribution in [-0.2, 0) is 13.6 Å². The molecule has 0 unspecified atom stereocenters. The molecule has 0 fully saturated rings. The molecule has 6 heteroatoms. The lowest BCUT2D eigenvalue weighted by Gasteiger charge is -2.06. The molecule has 0 amide bonds. The molecule has 18 heavy (non-hydrogen) atoms. The fourth-order valence-corrected chi connectivity index (χ4v) is 1.54. The van der Waals surface area contributed by atoms with E-state index in [9.17, 15) is 0 Å². The van der Waals surface area contributed by atoms with Gasteiger partial charge in [-0.05, 0) is 29.8 Å². The van der Waals surface area contributed by atoms with Crippen LogP contribution in [0.2, 0.25) is 0 Å². The molecule has 1 aromatic heterocycles. The van der Waals surface area contributed by atoms with Gasteiger partial charge in [0.2, 0.25) is 0 Å². The number of nitrogens with one attached hydrogen (secondary N) is 1. The van der Waals surface area contributed by atoms with Crippen molar-refractivity contribution in [2.45, 2.75) is 13.5 Å². The highest BCUT2D eigenvalue weighted by molar-refractivity contribution is 5.27. The van der Waals surface area contributed by atoms with Crippen LogP contribution in [0.4, 0.5) is 0 Å². The first kappa shape index (κ1) is 12.5. The van der Waals surface area contributed by atoms with Crippen molar-refractivity contribution in [3.63, 3.8) is 0 Å². The van der Waals surface area contributed by atoms with E-state index in [1.165, 1.54) is 10.4 Å². The molecule has 0 saturated heterocycles. The minimum atomic E-state index is 0.602. The number of benzene rings is 1. The van der Waals surface area contributed by atoms with E-state index in [0.29, 0.717) is 19.0 Å². The van der Waals surface area contributed by atoms with Gasteiger partial charge in [0.05, 0.1) is 13.6 Å². The predicted molar refractivity (Wildman–Crippen MR) is 67.2 cm³/mol. The first-order valence-electron chi connectivity index (χ1n) is 5.87. The Hall–Kier alpha value is -1.95. The molecule has 96 valence electrons. The lowest BCUT2D eigenvalue weighted by Crippen LogP contribution is -2.21. The largest absolute Gasteiger partial charge is 0.492 e. The maximum atomic E-state index is 5.61. The third-order valence-electron chi connectivity index (χ3n) is 2.37. The minimum absolute atomic E-state index is 0.602. The standard InChI is InChI=1S/C12H17N5O/c1-10-4-3-5-11(8-10)18-7-6-13-9-12-14-16-17(2)15-12/h3-5,8,13H,6-7,9H2,1-2H3. The van der Waals surface area contributed by atoms with E-state index >= 15 is 0 Å². The molecule has 1 aromatic carbocycles. The average molecular weight is 247 g/mol. The number of hydrogen-bond acceptors (Lipinski definition) is 5. The van der Waals surface area contributed by atoms with E-state index < -0.39 is 0 Å². The van der Waals surface area contributed by atoms with Gasteiger partial charge >= 0.3 is 0 Å². The van der Waals surface area contributed by atoms with E-state index in [1.54, 1.807) is 7.05 Å². The molecule has 1 N–H and O–H groups in total. The van der Waals surface area contributed by atoms with Crippen molar-refractivity contribution < 1.29 is 4.74 Å². The third-order valence-corrected chi connectivity index (χ3v) is 2.37. The van der Waals surface area contributed by atoms with Crippen molar-refractivity contribution >= 4 is 0 Å². The van der Waals surface area contributed by atoms with Gasteiger partial charge in [-0.3, -0.25) is 0 Å². The van der Waals surface area contributed by atoms with Crippen molar-refractivity contribution in [3.8, 4) is 5.75 Å². The average Bonchev–Trinajstić information content (AvgIpc) is 2.75. The van der Waals surface area contributed by atoms with Crippen LogP contribution in [0.1, 0.15) is 11.4 Å². The van der Waals surface area contributed by atoms with Gasteiger partial charge in [-0.25, -0.2) is 0 Å². The molecule has 2 aromatic rings. The Morgan fingerprint density at radius 1 is 1.39 bits per heavy atom. The van der Waals surface area contributed by atoms with Crippen LogP contribution in [0.25, 0.3) is 0 Å². The minimum Gasteiger partial charge on any atom is -0.492 e. The monoisotopic (exact) mass is 247 g/mol. The molecule has 0 aliphatic heterocycles. The number of ether oxygens (including phenoxy) is 1. The topological polar surface area (TPSA) is 64.9 Å². The van der Waals surface area contributed by atoms with Gasteiger partial charge < -0.3 is 10.1 Å². The Bertz CT molecular complexity index is 497. The zero-order chi connectivity index (χ0) is 12.8. The predicted octanol–water partition coefficient (Wildman–Crippen LogP) is 0.687. The Kier molecular flexibility index (Phi) is 4.25. The lowest BCUT2D eigenvalue weighted by atomic mass is 10.2. The first-order chi connectivity index (χ1) is 8.74. The van der Waals surface area contributed by atoms with Gasteiger partial charge in [0.25, 0.3) is 0 Å². The summed E-state index contributed by atoms with van der Waals surface area (Å²) in [7, 11) is 1.75. The van der Waals surface area contributed by atoms with Gasteiger partial charge in [-0.2, -0.15) is 4.80 Å². The van der Waals surface area contributed by atoms with Gasteiger partial charge in [0, 0.05) is 6.54 Å². The second-order valence-electron chi connectivity index (χ2n) is 4.04. The Labute approximate surface area is 106 Å². The summed E-state index contributed by atoms with van der Waals surface area (Å²) in [5, 5.41) is 14.9. The van der Waals surface area contributed by atoms with E-state index in [1.807, 2.05) is 31.2 Å². The van der Waals surface area contributed by atoms with Crippen LogP contribution in [-0.4, -0.2) is 33.4 Å². The quantitative estimate of drug-likeness (QED) is 0.761. The summed E-state index contributed by atoms with van der Waals surface area (Å²) in [6.45, 7) is 4.01. The smallest absolute Gasteiger partial charge is 0.188 e. The third kappa shape index (κ3) is 3.81. The molecule has 2 rings (SSSR count). The molecule has 0 aliphatic carbocycles. The number of tetrazole rings is 1. The van der Waals surface area contributed by atoms with E-state index in [4.69, 9.17) is 4.74 Å². The highest BCUT2D eigenvalue weighted by Crippen LogP contribution is 2.11. The molecule has 1 heterocycles. The second-order valence-corrected chi connectivity index (χ2v) is 4.04. The number of aromatic nitrogens is 4. The molecular weight excluding hydrogens is 230 g/mol. The van der Waals surface area contributed by atoms with Crippen molar-refractivity contribution in [3.05, 3.63) is 35.7 Å². The molecule has 0 radical (unpaired) electrons. The molecule has 0 saturated carbocycles. The highest BCUT2D eigenvalue weighted by atomic mass is 16.5. The number of hydrogen-bond donors (Lipinski definition) is 1. The molecule has 0 aliphatic rings. The fourth-order valence-electron chi connectivity index (χ4n) is 1.54. The van der Waals surface area contributed by atoms with Crippen LogP contribution in [0.5, 0.6) is 5.75 Å². The van der Waals surface area contributed by atoms with E-state index in [2.05, 4.69) is 20.7 Å². The van der Waals surface area contributed by atoms with Crippen LogP contribution < -0.4 is 10.1 Å². The van der Waals surface area contributed by atoms with Gasteiger partial charge in [0.1, 0.15) is 12.4 Å². The van der Waals surface area contributed by atoms with Crippen molar-refractivity contribution in [2.24, 2.45) is 7.05 Å². The molecular formula is C12H17N5O.